The van der Waals surface area contributed by atoms with E-state index < -0.39 is 0 Å². The summed E-state index contributed by atoms with van der Waals surface area (Å²) in [7, 11) is 4.82. The molecule has 1 aromatic carbocycles. The van der Waals surface area contributed by atoms with E-state index in [2.05, 4.69) is 75.0 Å². The van der Waals surface area contributed by atoms with Gasteiger partial charge in [0.1, 0.15) is 0 Å². The molecule has 2 nitrogen and oxygen atoms in total. The van der Waals surface area contributed by atoms with Crippen LogP contribution in [0.5, 0.6) is 0 Å². The predicted molar refractivity (Wildman–Crippen MR) is 135 cm³/mol. The van der Waals surface area contributed by atoms with Crippen molar-refractivity contribution in [2.24, 2.45) is 0 Å². The molecule has 3 rings (SSSR count). The van der Waals surface area contributed by atoms with E-state index in [0.29, 0.717) is 5.91 Å². The standard InChI is InChI=1S/C27H47N2P/c1-27(2,3)29(5)26(28(4)22-21-23-15-9-6-10-16-23)30(24-17-11-7-12-18-24)25-19-13-8-14-20-25/h6,9-10,15-16,24-26H,7-8,11-14,17-22H2,1-5H3. The van der Waals surface area contributed by atoms with Crippen molar-refractivity contribution in [2.75, 3.05) is 20.6 Å². The molecule has 2 fully saturated rings. The summed E-state index contributed by atoms with van der Waals surface area (Å²) in [5.74, 6) is 0.606. The van der Waals surface area contributed by atoms with Gasteiger partial charge >= 0.3 is 0 Å². The van der Waals surface area contributed by atoms with Crippen molar-refractivity contribution in [1.29, 1.82) is 0 Å². The number of likely N-dealkylation sites (N-methyl/N-ethyl adjacent to an activating group) is 1. The number of hydrogen-bond acceptors (Lipinski definition) is 2. The minimum atomic E-state index is -0.0321. The summed E-state index contributed by atoms with van der Waals surface area (Å²) < 4.78 is 0. The van der Waals surface area contributed by atoms with E-state index in [1.54, 1.807) is 0 Å². The summed E-state index contributed by atoms with van der Waals surface area (Å²) in [6.45, 7) is 8.41. The van der Waals surface area contributed by atoms with Gasteiger partial charge in [-0.3, -0.25) is 9.80 Å². The predicted octanol–water partition coefficient (Wildman–Crippen LogP) is 7.32. The van der Waals surface area contributed by atoms with Crippen LogP contribution in [-0.4, -0.2) is 53.2 Å². The number of benzene rings is 1. The second kappa shape index (κ2) is 11.4. The third-order valence-electron chi connectivity index (χ3n) is 7.65. The zero-order valence-electron chi connectivity index (χ0n) is 20.4. The van der Waals surface area contributed by atoms with Crippen LogP contribution in [0.25, 0.3) is 0 Å². The van der Waals surface area contributed by atoms with E-state index >= 15 is 0 Å². The second-order valence-corrected chi connectivity index (χ2v) is 13.7. The fourth-order valence-electron chi connectivity index (χ4n) is 5.57. The van der Waals surface area contributed by atoms with Crippen LogP contribution in [0.3, 0.4) is 0 Å². The molecular formula is C27H47N2P. The highest BCUT2D eigenvalue weighted by Gasteiger charge is 2.42. The molecule has 2 saturated carbocycles. The highest BCUT2D eigenvalue weighted by Crippen LogP contribution is 2.60. The lowest BCUT2D eigenvalue weighted by molar-refractivity contribution is 0.0687. The maximum absolute atomic E-state index is 2.76. The summed E-state index contributed by atoms with van der Waals surface area (Å²) in [6, 6.07) is 11.1. The molecule has 0 N–H and O–H groups in total. The molecule has 1 unspecified atom stereocenters. The Balaban J connectivity index is 1.85. The van der Waals surface area contributed by atoms with Gasteiger partial charge in [0, 0.05) is 12.1 Å². The number of nitrogens with zero attached hydrogens (tertiary/aromatic N) is 2. The molecule has 2 aliphatic carbocycles. The Kier molecular flexibility index (Phi) is 9.23. The van der Waals surface area contributed by atoms with Crippen LogP contribution in [0.15, 0.2) is 30.3 Å². The van der Waals surface area contributed by atoms with E-state index in [0.717, 1.165) is 24.3 Å². The quantitative estimate of drug-likeness (QED) is 0.315. The van der Waals surface area contributed by atoms with Gasteiger partial charge in [0.05, 0.1) is 5.91 Å². The molecule has 2 aliphatic rings. The van der Waals surface area contributed by atoms with Gasteiger partial charge in [-0.05, 0) is 83.9 Å². The van der Waals surface area contributed by atoms with Crippen molar-refractivity contribution in [2.45, 2.75) is 114 Å². The first-order valence-electron chi connectivity index (χ1n) is 12.6. The number of rotatable bonds is 8. The van der Waals surface area contributed by atoms with Gasteiger partial charge < -0.3 is 0 Å². The summed E-state index contributed by atoms with van der Waals surface area (Å²) in [5, 5.41) is 0. The van der Waals surface area contributed by atoms with Crippen LogP contribution in [-0.2, 0) is 6.42 Å². The van der Waals surface area contributed by atoms with Gasteiger partial charge in [-0.1, -0.05) is 76.8 Å². The Morgan fingerprint density at radius 1 is 0.833 bits per heavy atom. The Morgan fingerprint density at radius 3 is 1.80 bits per heavy atom. The van der Waals surface area contributed by atoms with Crippen LogP contribution in [0.1, 0.15) is 90.5 Å². The monoisotopic (exact) mass is 430 g/mol. The van der Waals surface area contributed by atoms with Crippen LogP contribution < -0.4 is 0 Å². The molecule has 0 radical (unpaired) electrons. The third-order valence-corrected chi connectivity index (χ3v) is 11.6. The van der Waals surface area contributed by atoms with Crippen LogP contribution in [0, 0.1) is 0 Å². The van der Waals surface area contributed by atoms with Gasteiger partial charge in [-0.25, -0.2) is 0 Å². The zero-order valence-corrected chi connectivity index (χ0v) is 21.3. The molecule has 0 amide bonds. The van der Waals surface area contributed by atoms with Gasteiger partial charge in [0.2, 0.25) is 0 Å². The SMILES string of the molecule is CN(CCc1ccccc1)C(N(C)C(C)(C)C)P(C1CCCCC1)C1CCCCC1. The largest absolute Gasteiger partial charge is 0.287 e. The molecular weight excluding hydrogens is 383 g/mol. The molecule has 0 spiro atoms. The highest BCUT2D eigenvalue weighted by atomic mass is 31.1. The van der Waals surface area contributed by atoms with Crippen LogP contribution in [0.4, 0.5) is 0 Å². The second-order valence-electron chi connectivity index (χ2n) is 10.9. The maximum atomic E-state index is 2.76. The molecule has 1 aromatic rings. The van der Waals surface area contributed by atoms with Crippen LogP contribution >= 0.6 is 7.92 Å². The minimum Gasteiger partial charge on any atom is -0.287 e. The van der Waals surface area contributed by atoms with Gasteiger partial charge in [-0.15, -0.1) is 0 Å². The van der Waals surface area contributed by atoms with Crippen molar-refractivity contribution in [3.05, 3.63) is 35.9 Å². The fourth-order valence-corrected chi connectivity index (χ4v) is 10.2. The maximum Gasteiger partial charge on any atom is 0.0827 e. The van der Waals surface area contributed by atoms with E-state index in [1.807, 2.05) is 0 Å². The van der Waals surface area contributed by atoms with Crippen molar-refractivity contribution in [1.82, 2.24) is 9.80 Å². The summed E-state index contributed by atoms with van der Waals surface area (Å²) in [5.41, 5.74) is 3.63. The Bertz CT molecular complexity index is 581. The van der Waals surface area contributed by atoms with Gasteiger partial charge in [0.15, 0.2) is 0 Å². The lowest BCUT2D eigenvalue weighted by atomic mass is 9.99. The molecule has 3 heteroatoms. The lowest BCUT2D eigenvalue weighted by Gasteiger charge is -2.52. The Hall–Kier alpha value is -0.430. The Morgan fingerprint density at radius 2 is 1.33 bits per heavy atom. The third kappa shape index (κ3) is 6.54. The summed E-state index contributed by atoms with van der Waals surface area (Å²) in [4.78, 5) is 5.51. The average molecular weight is 431 g/mol. The Labute approximate surface area is 188 Å². The molecule has 170 valence electrons. The molecule has 0 aromatic heterocycles. The highest BCUT2D eigenvalue weighted by molar-refractivity contribution is 7.59. The first kappa shape index (κ1) is 24.2. The topological polar surface area (TPSA) is 6.48 Å². The smallest absolute Gasteiger partial charge is 0.0827 e. The molecule has 0 heterocycles. The lowest BCUT2D eigenvalue weighted by Crippen LogP contribution is -2.54. The van der Waals surface area contributed by atoms with E-state index in [9.17, 15) is 0 Å². The average Bonchev–Trinajstić information content (AvgIpc) is 2.76. The van der Waals surface area contributed by atoms with Gasteiger partial charge in [-0.2, -0.15) is 0 Å². The fraction of sp³-hybridized carbons (Fsp3) is 0.778. The van der Waals surface area contributed by atoms with E-state index in [1.165, 1.54) is 69.8 Å². The van der Waals surface area contributed by atoms with Crippen molar-refractivity contribution >= 4 is 7.92 Å². The van der Waals surface area contributed by atoms with Crippen molar-refractivity contribution in [3.63, 3.8) is 0 Å². The van der Waals surface area contributed by atoms with Crippen molar-refractivity contribution in [3.8, 4) is 0 Å². The first-order chi connectivity index (χ1) is 14.4. The zero-order chi connectivity index (χ0) is 21.6. The normalized spacial score (nSPS) is 20.9. The molecule has 0 saturated heterocycles. The van der Waals surface area contributed by atoms with Crippen LogP contribution in [0.2, 0.25) is 0 Å². The molecule has 30 heavy (non-hydrogen) atoms. The molecule has 0 bridgehead atoms. The summed E-state index contributed by atoms with van der Waals surface area (Å²) >= 11 is 0. The van der Waals surface area contributed by atoms with E-state index in [-0.39, 0.29) is 13.5 Å². The van der Waals surface area contributed by atoms with E-state index in [4.69, 9.17) is 0 Å². The van der Waals surface area contributed by atoms with Crippen molar-refractivity contribution < 1.29 is 0 Å². The van der Waals surface area contributed by atoms with Gasteiger partial charge in [0.25, 0.3) is 0 Å². The molecule has 1 atom stereocenters. The number of hydrogen-bond donors (Lipinski definition) is 0. The summed E-state index contributed by atoms with van der Waals surface area (Å²) in [6.07, 6.45) is 15.9. The molecule has 0 aliphatic heterocycles. The minimum absolute atomic E-state index is 0.0321. The first-order valence-corrected chi connectivity index (χ1v) is 14.2.